The van der Waals surface area contributed by atoms with Gasteiger partial charge in [0.05, 0.1) is 13.7 Å². The summed E-state index contributed by atoms with van der Waals surface area (Å²) in [5.74, 6) is 1.58. The number of methoxy groups -OCH3 is 1. The molecule has 0 spiro atoms. The first-order chi connectivity index (χ1) is 6.79. The SMILES string of the molecule is COc1ccc(C2=NCC(C)O2)cc1. The summed E-state index contributed by atoms with van der Waals surface area (Å²) in [4.78, 5) is 4.30. The van der Waals surface area contributed by atoms with Gasteiger partial charge in [0.15, 0.2) is 0 Å². The molecule has 14 heavy (non-hydrogen) atoms. The molecule has 1 aromatic rings. The molecule has 0 amide bonds. The highest BCUT2D eigenvalue weighted by atomic mass is 16.5. The Morgan fingerprint density at radius 2 is 2.07 bits per heavy atom. The summed E-state index contributed by atoms with van der Waals surface area (Å²) in [6.45, 7) is 2.77. The van der Waals surface area contributed by atoms with E-state index in [1.54, 1.807) is 7.11 Å². The lowest BCUT2D eigenvalue weighted by Gasteiger charge is -2.06. The van der Waals surface area contributed by atoms with Crippen molar-refractivity contribution < 1.29 is 9.47 Å². The van der Waals surface area contributed by atoms with E-state index in [0.717, 1.165) is 23.8 Å². The minimum Gasteiger partial charge on any atom is -0.497 e. The van der Waals surface area contributed by atoms with Crippen molar-refractivity contribution >= 4 is 5.90 Å². The number of ether oxygens (including phenoxy) is 2. The number of hydrogen-bond acceptors (Lipinski definition) is 3. The minimum atomic E-state index is 0.201. The van der Waals surface area contributed by atoms with Crippen molar-refractivity contribution in [2.24, 2.45) is 4.99 Å². The summed E-state index contributed by atoms with van der Waals surface area (Å²) < 4.78 is 10.6. The largest absolute Gasteiger partial charge is 0.497 e. The van der Waals surface area contributed by atoms with Gasteiger partial charge in [-0.05, 0) is 31.2 Å². The normalized spacial score (nSPS) is 20.1. The highest BCUT2D eigenvalue weighted by Gasteiger charge is 2.16. The second kappa shape index (κ2) is 3.70. The fourth-order valence-corrected chi connectivity index (χ4v) is 1.37. The number of aliphatic imine (C=N–C) groups is 1. The zero-order valence-electron chi connectivity index (χ0n) is 8.36. The summed E-state index contributed by atoms with van der Waals surface area (Å²) >= 11 is 0. The van der Waals surface area contributed by atoms with Crippen molar-refractivity contribution in [3.05, 3.63) is 29.8 Å². The molecule has 2 rings (SSSR count). The summed E-state index contributed by atoms with van der Waals surface area (Å²) in [6.07, 6.45) is 0.201. The third-order valence-corrected chi connectivity index (χ3v) is 2.14. The molecule has 1 aliphatic heterocycles. The molecule has 0 aliphatic carbocycles. The maximum Gasteiger partial charge on any atom is 0.216 e. The maximum atomic E-state index is 5.53. The Morgan fingerprint density at radius 3 is 2.57 bits per heavy atom. The predicted molar refractivity (Wildman–Crippen MR) is 54.9 cm³/mol. The molecule has 0 fully saturated rings. The average molecular weight is 191 g/mol. The Bertz CT molecular complexity index is 343. The molecule has 0 saturated heterocycles. The monoisotopic (exact) mass is 191 g/mol. The second-order valence-corrected chi connectivity index (χ2v) is 3.30. The van der Waals surface area contributed by atoms with E-state index >= 15 is 0 Å². The molecule has 0 N–H and O–H groups in total. The van der Waals surface area contributed by atoms with Gasteiger partial charge in [-0.1, -0.05) is 0 Å². The van der Waals surface area contributed by atoms with Crippen LogP contribution in [0.15, 0.2) is 29.3 Å². The molecule has 1 atom stereocenters. The van der Waals surface area contributed by atoms with Gasteiger partial charge in [-0.2, -0.15) is 0 Å². The number of benzene rings is 1. The van der Waals surface area contributed by atoms with Crippen molar-refractivity contribution in [3.8, 4) is 5.75 Å². The molecule has 0 saturated carbocycles. The van der Waals surface area contributed by atoms with Crippen LogP contribution >= 0.6 is 0 Å². The average Bonchev–Trinajstić information content (AvgIpc) is 2.65. The van der Waals surface area contributed by atoms with Gasteiger partial charge >= 0.3 is 0 Å². The van der Waals surface area contributed by atoms with Crippen LogP contribution in [0.25, 0.3) is 0 Å². The van der Waals surface area contributed by atoms with Crippen molar-refractivity contribution in [1.82, 2.24) is 0 Å². The van der Waals surface area contributed by atoms with Gasteiger partial charge in [-0.3, -0.25) is 0 Å². The van der Waals surface area contributed by atoms with Crippen LogP contribution in [0.2, 0.25) is 0 Å². The van der Waals surface area contributed by atoms with E-state index in [4.69, 9.17) is 9.47 Å². The van der Waals surface area contributed by atoms with Gasteiger partial charge in [0.1, 0.15) is 11.9 Å². The van der Waals surface area contributed by atoms with Crippen molar-refractivity contribution in [2.45, 2.75) is 13.0 Å². The van der Waals surface area contributed by atoms with Gasteiger partial charge in [0.25, 0.3) is 0 Å². The first kappa shape index (κ1) is 9.06. The zero-order chi connectivity index (χ0) is 9.97. The van der Waals surface area contributed by atoms with E-state index in [9.17, 15) is 0 Å². The van der Waals surface area contributed by atoms with Crippen molar-refractivity contribution in [3.63, 3.8) is 0 Å². The third-order valence-electron chi connectivity index (χ3n) is 2.14. The molecule has 0 radical (unpaired) electrons. The Hall–Kier alpha value is -1.51. The van der Waals surface area contributed by atoms with Gasteiger partial charge in [0, 0.05) is 5.56 Å². The van der Waals surface area contributed by atoms with Crippen LogP contribution in [0, 0.1) is 0 Å². The standard InChI is InChI=1S/C11H13NO2/c1-8-7-12-11(14-8)9-3-5-10(13-2)6-4-9/h3-6,8H,7H2,1-2H3. The topological polar surface area (TPSA) is 30.8 Å². The minimum absolute atomic E-state index is 0.201. The van der Waals surface area contributed by atoms with Crippen molar-refractivity contribution in [1.29, 1.82) is 0 Å². The summed E-state index contributed by atoms with van der Waals surface area (Å²) in [7, 11) is 1.65. The van der Waals surface area contributed by atoms with Crippen LogP contribution in [0.3, 0.4) is 0 Å². The predicted octanol–water partition coefficient (Wildman–Crippen LogP) is 1.86. The van der Waals surface area contributed by atoms with E-state index in [2.05, 4.69) is 4.99 Å². The van der Waals surface area contributed by atoms with Crippen LogP contribution in [-0.2, 0) is 4.74 Å². The Labute approximate surface area is 83.4 Å². The smallest absolute Gasteiger partial charge is 0.216 e. The summed E-state index contributed by atoms with van der Waals surface area (Å²) in [5, 5.41) is 0. The second-order valence-electron chi connectivity index (χ2n) is 3.30. The molecule has 74 valence electrons. The lowest BCUT2D eigenvalue weighted by atomic mass is 10.2. The van der Waals surface area contributed by atoms with Crippen molar-refractivity contribution in [2.75, 3.05) is 13.7 Å². The molecular formula is C11H13NO2. The fourth-order valence-electron chi connectivity index (χ4n) is 1.37. The molecule has 1 aliphatic rings. The first-order valence-electron chi connectivity index (χ1n) is 4.65. The first-order valence-corrected chi connectivity index (χ1v) is 4.65. The van der Waals surface area contributed by atoms with Crippen LogP contribution in [0.5, 0.6) is 5.75 Å². The fraction of sp³-hybridized carbons (Fsp3) is 0.364. The Balaban J connectivity index is 2.17. The quantitative estimate of drug-likeness (QED) is 0.714. The molecule has 1 unspecified atom stereocenters. The lowest BCUT2D eigenvalue weighted by Crippen LogP contribution is -2.08. The Morgan fingerprint density at radius 1 is 1.36 bits per heavy atom. The Kier molecular flexibility index (Phi) is 2.39. The van der Waals surface area contributed by atoms with Gasteiger partial charge in [-0.15, -0.1) is 0 Å². The van der Waals surface area contributed by atoms with Gasteiger partial charge in [-0.25, -0.2) is 4.99 Å². The molecule has 1 heterocycles. The third kappa shape index (κ3) is 1.71. The molecule has 0 bridgehead atoms. The number of nitrogens with zero attached hydrogens (tertiary/aromatic N) is 1. The van der Waals surface area contributed by atoms with E-state index in [1.807, 2.05) is 31.2 Å². The summed E-state index contributed by atoms with van der Waals surface area (Å²) in [5.41, 5.74) is 1.01. The van der Waals surface area contributed by atoms with E-state index in [-0.39, 0.29) is 6.10 Å². The van der Waals surface area contributed by atoms with E-state index in [0.29, 0.717) is 0 Å². The van der Waals surface area contributed by atoms with Crippen LogP contribution < -0.4 is 4.74 Å². The van der Waals surface area contributed by atoms with Crippen LogP contribution in [0.4, 0.5) is 0 Å². The highest BCUT2D eigenvalue weighted by molar-refractivity contribution is 5.95. The maximum absolute atomic E-state index is 5.53. The highest BCUT2D eigenvalue weighted by Crippen LogP contribution is 2.15. The molecule has 3 nitrogen and oxygen atoms in total. The zero-order valence-corrected chi connectivity index (χ0v) is 8.36. The van der Waals surface area contributed by atoms with Crippen LogP contribution in [0.1, 0.15) is 12.5 Å². The van der Waals surface area contributed by atoms with E-state index < -0.39 is 0 Å². The molecule has 0 aromatic heterocycles. The van der Waals surface area contributed by atoms with Gasteiger partial charge < -0.3 is 9.47 Å². The number of rotatable bonds is 2. The molecular weight excluding hydrogens is 178 g/mol. The number of hydrogen-bond donors (Lipinski definition) is 0. The lowest BCUT2D eigenvalue weighted by molar-refractivity contribution is 0.246. The molecule has 1 aromatic carbocycles. The van der Waals surface area contributed by atoms with Crippen LogP contribution in [-0.4, -0.2) is 25.7 Å². The molecule has 3 heteroatoms. The summed E-state index contributed by atoms with van der Waals surface area (Å²) in [6, 6.07) is 7.72. The van der Waals surface area contributed by atoms with E-state index in [1.165, 1.54) is 0 Å². The van der Waals surface area contributed by atoms with Gasteiger partial charge in [0.2, 0.25) is 5.90 Å².